The number of carbonyl (C=O) groups is 1. The van der Waals surface area contributed by atoms with Gasteiger partial charge in [-0.15, -0.1) is 0 Å². The van der Waals surface area contributed by atoms with E-state index in [-0.39, 0.29) is 11.3 Å². The van der Waals surface area contributed by atoms with Gasteiger partial charge in [0.2, 0.25) is 0 Å². The van der Waals surface area contributed by atoms with Gasteiger partial charge in [0.1, 0.15) is 0 Å². The van der Waals surface area contributed by atoms with Gasteiger partial charge in [-0.1, -0.05) is 15.9 Å². The summed E-state index contributed by atoms with van der Waals surface area (Å²) < 4.78 is 19.6. The van der Waals surface area contributed by atoms with Crippen LogP contribution in [0.15, 0.2) is 45.6 Å². The Kier molecular flexibility index (Phi) is 4.08. The third-order valence-corrected chi connectivity index (χ3v) is 2.96. The number of rotatable bonds is 2. The van der Waals surface area contributed by atoms with Gasteiger partial charge in [0.15, 0.2) is 11.6 Å². The molecule has 0 bridgehead atoms. The maximum Gasteiger partial charge on any atom is 0.345 e. The Hall–Kier alpha value is -1.27. The third kappa shape index (κ3) is 3.14. The van der Waals surface area contributed by atoms with E-state index in [9.17, 15) is 9.18 Å². The van der Waals surface area contributed by atoms with Crippen LogP contribution in [0.4, 0.5) is 4.39 Å². The fraction of sp³-hybridized carbons (Fsp3) is 0. The molecule has 0 saturated heterocycles. The molecule has 6 heteroatoms. The molecule has 0 spiro atoms. The predicted octanol–water partition coefficient (Wildman–Crippen LogP) is 3.96. The first-order valence-electron chi connectivity index (χ1n) is 4.84. The number of benzene rings is 1. The van der Waals surface area contributed by atoms with Gasteiger partial charge < -0.3 is 4.74 Å². The molecule has 1 aromatic carbocycles. The van der Waals surface area contributed by atoms with Crippen LogP contribution in [0.3, 0.4) is 0 Å². The number of esters is 1. The normalized spacial score (nSPS) is 10.2. The second-order valence-corrected chi connectivity index (χ2v) is 5.19. The van der Waals surface area contributed by atoms with E-state index in [1.165, 1.54) is 24.5 Å². The summed E-state index contributed by atoms with van der Waals surface area (Å²) in [4.78, 5) is 15.6. The summed E-state index contributed by atoms with van der Waals surface area (Å²) in [5.41, 5.74) is 0.242. The van der Waals surface area contributed by atoms with Gasteiger partial charge in [0, 0.05) is 21.3 Å². The number of carbonyl (C=O) groups excluding carboxylic acids is 1. The van der Waals surface area contributed by atoms with E-state index in [2.05, 4.69) is 36.8 Å². The molecule has 0 aliphatic carbocycles. The molecule has 18 heavy (non-hydrogen) atoms. The van der Waals surface area contributed by atoms with E-state index in [0.29, 0.717) is 8.95 Å². The van der Waals surface area contributed by atoms with Crippen molar-refractivity contribution >= 4 is 37.8 Å². The lowest BCUT2D eigenvalue weighted by Crippen LogP contribution is -2.09. The Morgan fingerprint density at radius 2 is 1.94 bits per heavy atom. The van der Waals surface area contributed by atoms with E-state index in [1.54, 1.807) is 12.1 Å². The molecular weight excluding hydrogens is 369 g/mol. The van der Waals surface area contributed by atoms with Gasteiger partial charge >= 0.3 is 5.97 Å². The van der Waals surface area contributed by atoms with Crippen LogP contribution >= 0.6 is 31.9 Å². The highest BCUT2D eigenvalue weighted by molar-refractivity contribution is 9.10. The average Bonchev–Trinajstić information content (AvgIpc) is 2.32. The lowest BCUT2D eigenvalue weighted by molar-refractivity contribution is 0.0727. The molecule has 0 aliphatic rings. The Morgan fingerprint density at radius 1 is 1.17 bits per heavy atom. The summed E-state index contributed by atoms with van der Waals surface area (Å²) in [5, 5.41) is 0. The molecule has 0 amide bonds. The molecule has 92 valence electrons. The van der Waals surface area contributed by atoms with Crippen molar-refractivity contribution in [2.24, 2.45) is 0 Å². The summed E-state index contributed by atoms with van der Waals surface area (Å²) in [5.74, 6) is -1.39. The summed E-state index contributed by atoms with van der Waals surface area (Å²) >= 11 is 6.31. The maximum absolute atomic E-state index is 13.5. The summed E-state index contributed by atoms with van der Waals surface area (Å²) in [6.45, 7) is 0. The quantitative estimate of drug-likeness (QED) is 0.589. The second kappa shape index (κ2) is 5.58. The number of hydrogen-bond acceptors (Lipinski definition) is 3. The Balaban J connectivity index is 2.21. The van der Waals surface area contributed by atoms with E-state index in [4.69, 9.17) is 4.74 Å². The maximum atomic E-state index is 13.5. The van der Waals surface area contributed by atoms with Crippen LogP contribution in [-0.4, -0.2) is 11.0 Å². The summed E-state index contributed by atoms with van der Waals surface area (Å²) in [7, 11) is 0. The lowest BCUT2D eigenvalue weighted by Gasteiger charge is -2.05. The van der Waals surface area contributed by atoms with Gasteiger partial charge in [-0.05, 0) is 40.2 Å². The van der Waals surface area contributed by atoms with E-state index < -0.39 is 11.8 Å². The SMILES string of the molecule is O=C(Oc1ccc(Br)cc1F)c1cncc(Br)c1. The third-order valence-electron chi connectivity index (χ3n) is 2.04. The Morgan fingerprint density at radius 3 is 2.61 bits per heavy atom. The van der Waals surface area contributed by atoms with Gasteiger partial charge in [-0.3, -0.25) is 4.98 Å². The smallest absolute Gasteiger partial charge is 0.345 e. The zero-order valence-corrected chi connectivity index (χ0v) is 12.0. The van der Waals surface area contributed by atoms with Crippen molar-refractivity contribution in [2.45, 2.75) is 0 Å². The van der Waals surface area contributed by atoms with Crippen LogP contribution in [0.1, 0.15) is 10.4 Å². The van der Waals surface area contributed by atoms with Gasteiger partial charge in [-0.25, -0.2) is 9.18 Å². The zero-order valence-electron chi connectivity index (χ0n) is 8.86. The van der Waals surface area contributed by atoms with Crippen molar-refractivity contribution < 1.29 is 13.9 Å². The van der Waals surface area contributed by atoms with Crippen molar-refractivity contribution in [2.75, 3.05) is 0 Å². The standard InChI is InChI=1S/C12H6Br2FNO2/c13-8-1-2-11(10(15)4-8)18-12(17)7-3-9(14)6-16-5-7/h1-6H. The molecule has 0 radical (unpaired) electrons. The molecule has 0 unspecified atom stereocenters. The Labute approximate surface area is 119 Å². The minimum Gasteiger partial charge on any atom is -0.420 e. The first-order chi connectivity index (χ1) is 8.56. The second-order valence-electron chi connectivity index (χ2n) is 3.36. The van der Waals surface area contributed by atoms with Crippen molar-refractivity contribution in [1.29, 1.82) is 0 Å². The van der Waals surface area contributed by atoms with Crippen LogP contribution in [0.2, 0.25) is 0 Å². The molecule has 1 heterocycles. The fourth-order valence-corrected chi connectivity index (χ4v) is 1.94. The number of halogens is 3. The molecule has 0 fully saturated rings. The fourth-order valence-electron chi connectivity index (χ4n) is 1.24. The number of nitrogens with zero attached hydrogens (tertiary/aromatic N) is 1. The van der Waals surface area contributed by atoms with Crippen LogP contribution in [0.25, 0.3) is 0 Å². The monoisotopic (exact) mass is 373 g/mol. The molecule has 3 nitrogen and oxygen atoms in total. The molecular formula is C12H6Br2FNO2. The topological polar surface area (TPSA) is 39.2 Å². The van der Waals surface area contributed by atoms with Crippen LogP contribution in [0, 0.1) is 5.82 Å². The highest BCUT2D eigenvalue weighted by Crippen LogP contribution is 2.22. The summed E-state index contributed by atoms with van der Waals surface area (Å²) in [6.07, 6.45) is 2.89. The molecule has 0 N–H and O–H groups in total. The molecule has 0 aliphatic heterocycles. The van der Waals surface area contributed by atoms with Crippen molar-refractivity contribution in [1.82, 2.24) is 4.98 Å². The number of pyridine rings is 1. The lowest BCUT2D eigenvalue weighted by atomic mass is 10.3. The number of aromatic nitrogens is 1. The molecule has 0 atom stereocenters. The molecule has 0 saturated carbocycles. The molecule has 2 aromatic rings. The average molecular weight is 375 g/mol. The highest BCUT2D eigenvalue weighted by atomic mass is 79.9. The van der Waals surface area contributed by atoms with Gasteiger partial charge in [0.05, 0.1) is 5.56 Å². The van der Waals surface area contributed by atoms with Crippen LogP contribution in [0.5, 0.6) is 5.75 Å². The van der Waals surface area contributed by atoms with Crippen molar-refractivity contribution in [3.8, 4) is 5.75 Å². The van der Waals surface area contributed by atoms with Gasteiger partial charge in [0.25, 0.3) is 0 Å². The summed E-state index contributed by atoms with van der Waals surface area (Å²) in [6, 6.07) is 5.74. The van der Waals surface area contributed by atoms with Crippen molar-refractivity contribution in [3.05, 3.63) is 57.0 Å². The van der Waals surface area contributed by atoms with Crippen LogP contribution in [-0.2, 0) is 0 Å². The Bertz CT molecular complexity index is 604. The molecule has 1 aromatic heterocycles. The van der Waals surface area contributed by atoms with Crippen molar-refractivity contribution in [3.63, 3.8) is 0 Å². The first-order valence-corrected chi connectivity index (χ1v) is 6.42. The largest absolute Gasteiger partial charge is 0.420 e. The number of hydrogen-bond donors (Lipinski definition) is 0. The number of ether oxygens (including phenoxy) is 1. The predicted molar refractivity (Wildman–Crippen MR) is 71.0 cm³/mol. The van der Waals surface area contributed by atoms with Crippen LogP contribution < -0.4 is 4.74 Å². The van der Waals surface area contributed by atoms with E-state index in [1.807, 2.05) is 0 Å². The molecule has 2 rings (SSSR count). The first kappa shape index (κ1) is 13.2. The minimum atomic E-state index is -0.662. The highest BCUT2D eigenvalue weighted by Gasteiger charge is 2.12. The van der Waals surface area contributed by atoms with E-state index in [0.717, 1.165) is 0 Å². The zero-order chi connectivity index (χ0) is 13.1. The van der Waals surface area contributed by atoms with Gasteiger partial charge in [-0.2, -0.15) is 0 Å². The minimum absolute atomic E-state index is 0.122. The van der Waals surface area contributed by atoms with E-state index >= 15 is 0 Å².